The van der Waals surface area contributed by atoms with Gasteiger partial charge in [0.1, 0.15) is 0 Å². The number of halogens is 1. The van der Waals surface area contributed by atoms with Crippen LogP contribution in [0.3, 0.4) is 0 Å². The molecule has 5 heteroatoms. The van der Waals surface area contributed by atoms with Crippen molar-refractivity contribution in [3.63, 3.8) is 0 Å². The Kier molecular flexibility index (Phi) is 6.11. The standard InChI is InChI=1S/C13H22BrN3S/c1-17-9-8-16-10-11(17)4-6-15-7-5-12-2-3-13(14)18-12/h2-3,11,15-16H,4-10H2,1H3. The molecule has 1 aliphatic heterocycles. The monoisotopic (exact) mass is 331 g/mol. The molecule has 1 aromatic heterocycles. The molecular formula is C13H22BrN3S. The summed E-state index contributed by atoms with van der Waals surface area (Å²) < 4.78 is 1.23. The first-order valence-corrected chi connectivity index (χ1v) is 8.22. The maximum atomic E-state index is 3.55. The molecule has 1 unspecified atom stereocenters. The van der Waals surface area contributed by atoms with E-state index in [0.29, 0.717) is 6.04 Å². The van der Waals surface area contributed by atoms with Crippen molar-refractivity contribution < 1.29 is 0 Å². The fourth-order valence-corrected chi connectivity index (χ4v) is 3.76. The number of nitrogens with zero attached hydrogens (tertiary/aromatic N) is 1. The highest BCUT2D eigenvalue weighted by Crippen LogP contribution is 2.21. The van der Waals surface area contributed by atoms with Crippen LogP contribution in [0.25, 0.3) is 0 Å². The molecule has 0 radical (unpaired) electrons. The van der Waals surface area contributed by atoms with Crippen LogP contribution in [-0.4, -0.2) is 50.7 Å². The normalized spacial score (nSPS) is 21.3. The van der Waals surface area contributed by atoms with Crippen LogP contribution in [0.2, 0.25) is 0 Å². The van der Waals surface area contributed by atoms with Crippen molar-refractivity contribution in [2.45, 2.75) is 18.9 Å². The Morgan fingerprint density at radius 3 is 3.11 bits per heavy atom. The lowest BCUT2D eigenvalue weighted by atomic mass is 10.1. The summed E-state index contributed by atoms with van der Waals surface area (Å²) >= 11 is 5.33. The Bertz CT molecular complexity index is 356. The zero-order chi connectivity index (χ0) is 12.8. The SMILES string of the molecule is CN1CCNCC1CCNCCc1ccc(Br)s1. The van der Waals surface area contributed by atoms with E-state index >= 15 is 0 Å². The van der Waals surface area contributed by atoms with Crippen LogP contribution in [0.5, 0.6) is 0 Å². The summed E-state index contributed by atoms with van der Waals surface area (Å²) in [6, 6.07) is 5.03. The fraction of sp³-hybridized carbons (Fsp3) is 0.692. The number of rotatable bonds is 6. The Labute approximate surface area is 122 Å². The third-order valence-electron chi connectivity index (χ3n) is 3.48. The number of piperazine rings is 1. The van der Waals surface area contributed by atoms with Gasteiger partial charge in [0.25, 0.3) is 0 Å². The highest BCUT2D eigenvalue weighted by molar-refractivity contribution is 9.11. The molecule has 0 aromatic carbocycles. The van der Waals surface area contributed by atoms with Crippen LogP contribution in [-0.2, 0) is 6.42 Å². The summed E-state index contributed by atoms with van der Waals surface area (Å²) in [4.78, 5) is 3.92. The van der Waals surface area contributed by atoms with Crippen molar-refractivity contribution in [1.29, 1.82) is 0 Å². The van der Waals surface area contributed by atoms with E-state index in [1.807, 2.05) is 11.3 Å². The summed E-state index contributed by atoms with van der Waals surface area (Å²) in [5.74, 6) is 0. The second kappa shape index (κ2) is 7.60. The molecule has 1 aliphatic rings. The van der Waals surface area contributed by atoms with Gasteiger partial charge in [-0.15, -0.1) is 11.3 Å². The van der Waals surface area contributed by atoms with E-state index in [4.69, 9.17) is 0 Å². The summed E-state index contributed by atoms with van der Waals surface area (Å²) in [5, 5.41) is 7.01. The second-order valence-electron chi connectivity index (χ2n) is 4.83. The first-order chi connectivity index (χ1) is 8.75. The maximum Gasteiger partial charge on any atom is 0.0701 e. The van der Waals surface area contributed by atoms with Gasteiger partial charge in [0, 0.05) is 30.6 Å². The first-order valence-electron chi connectivity index (χ1n) is 6.61. The van der Waals surface area contributed by atoms with Crippen LogP contribution >= 0.6 is 27.3 Å². The van der Waals surface area contributed by atoms with Crippen LogP contribution in [0.4, 0.5) is 0 Å². The minimum Gasteiger partial charge on any atom is -0.316 e. The smallest absolute Gasteiger partial charge is 0.0701 e. The van der Waals surface area contributed by atoms with Gasteiger partial charge in [-0.05, 0) is 61.0 Å². The number of hydrogen-bond donors (Lipinski definition) is 2. The summed E-state index contributed by atoms with van der Waals surface area (Å²) in [6.07, 6.45) is 2.37. The van der Waals surface area contributed by atoms with Crippen LogP contribution in [0.15, 0.2) is 15.9 Å². The average molecular weight is 332 g/mol. The highest BCUT2D eigenvalue weighted by Gasteiger charge is 2.17. The molecule has 2 N–H and O–H groups in total. The molecule has 1 atom stereocenters. The van der Waals surface area contributed by atoms with Gasteiger partial charge in [-0.2, -0.15) is 0 Å². The molecule has 1 fully saturated rings. The van der Waals surface area contributed by atoms with Crippen molar-refractivity contribution in [2.75, 3.05) is 39.8 Å². The summed E-state index contributed by atoms with van der Waals surface area (Å²) in [7, 11) is 2.23. The Balaban J connectivity index is 1.55. The van der Waals surface area contributed by atoms with Gasteiger partial charge >= 0.3 is 0 Å². The lowest BCUT2D eigenvalue weighted by Crippen LogP contribution is -2.50. The van der Waals surface area contributed by atoms with E-state index < -0.39 is 0 Å². The minimum atomic E-state index is 0.696. The van der Waals surface area contributed by atoms with Gasteiger partial charge < -0.3 is 15.5 Å². The minimum absolute atomic E-state index is 0.696. The quantitative estimate of drug-likeness (QED) is 0.780. The van der Waals surface area contributed by atoms with E-state index in [1.165, 1.54) is 21.6 Å². The lowest BCUT2D eigenvalue weighted by Gasteiger charge is -2.33. The molecule has 0 spiro atoms. The van der Waals surface area contributed by atoms with Gasteiger partial charge in [0.15, 0.2) is 0 Å². The third-order valence-corrected chi connectivity index (χ3v) is 5.16. The van der Waals surface area contributed by atoms with E-state index in [2.05, 4.69) is 50.6 Å². The number of likely N-dealkylation sites (N-methyl/N-ethyl adjacent to an activating group) is 1. The van der Waals surface area contributed by atoms with Crippen LogP contribution < -0.4 is 10.6 Å². The summed E-state index contributed by atoms with van der Waals surface area (Å²) in [5.41, 5.74) is 0. The number of nitrogens with one attached hydrogen (secondary N) is 2. The number of thiophene rings is 1. The molecule has 2 rings (SSSR count). The van der Waals surface area contributed by atoms with Crippen molar-refractivity contribution in [2.24, 2.45) is 0 Å². The van der Waals surface area contributed by atoms with E-state index in [-0.39, 0.29) is 0 Å². The zero-order valence-electron chi connectivity index (χ0n) is 10.9. The van der Waals surface area contributed by atoms with Gasteiger partial charge in [-0.3, -0.25) is 0 Å². The van der Waals surface area contributed by atoms with E-state index in [9.17, 15) is 0 Å². The van der Waals surface area contributed by atoms with Crippen molar-refractivity contribution in [1.82, 2.24) is 15.5 Å². The topological polar surface area (TPSA) is 27.3 Å². The van der Waals surface area contributed by atoms with Crippen molar-refractivity contribution in [3.8, 4) is 0 Å². The second-order valence-corrected chi connectivity index (χ2v) is 7.38. The van der Waals surface area contributed by atoms with E-state index in [1.54, 1.807) is 0 Å². The lowest BCUT2D eigenvalue weighted by molar-refractivity contribution is 0.190. The molecular weight excluding hydrogens is 310 g/mol. The van der Waals surface area contributed by atoms with Gasteiger partial charge in [-0.1, -0.05) is 0 Å². The third kappa shape index (κ3) is 4.63. The van der Waals surface area contributed by atoms with Crippen molar-refractivity contribution >= 4 is 27.3 Å². The molecule has 3 nitrogen and oxygen atoms in total. The van der Waals surface area contributed by atoms with Gasteiger partial charge in [0.05, 0.1) is 3.79 Å². The van der Waals surface area contributed by atoms with Crippen LogP contribution in [0.1, 0.15) is 11.3 Å². The predicted molar refractivity (Wildman–Crippen MR) is 82.5 cm³/mol. The number of hydrogen-bond acceptors (Lipinski definition) is 4. The maximum absolute atomic E-state index is 3.55. The molecule has 1 saturated heterocycles. The first kappa shape index (κ1) is 14.5. The molecule has 2 heterocycles. The molecule has 0 bridgehead atoms. The molecule has 1 aromatic rings. The molecule has 102 valence electrons. The highest BCUT2D eigenvalue weighted by atomic mass is 79.9. The predicted octanol–water partition coefficient (Wildman–Crippen LogP) is 1.94. The summed E-state index contributed by atoms with van der Waals surface area (Å²) in [6.45, 7) is 5.64. The Morgan fingerprint density at radius 1 is 1.50 bits per heavy atom. The molecule has 0 saturated carbocycles. The van der Waals surface area contributed by atoms with Gasteiger partial charge in [0.2, 0.25) is 0 Å². The largest absolute Gasteiger partial charge is 0.316 e. The Hall–Kier alpha value is 0.0600. The molecule has 18 heavy (non-hydrogen) atoms. The molecule has 0 amide bonds. The fourth-order valence-electron chi connectivity index (χ4n) is 2.28. The Morgan fingerprint density at radius 2 is 2.39 bits per heavy atom. The van der Waals surface area contributed by atoms with Crippen LogP contribution in [0, 0.1) is 0 Å². The molecule has 0 aliphatic carbocycles. The van der Waals surface area contributed by atoms with E-state index in [0.717, 1.165) is 32.6 Å². The average Bonchev–Trinajstić information content (AvgIpc) is 2.77. The zero-order valence-corrected chi connectivity index (χ0v) is 13.3. The van der Waals surface area contributed by atoms with Gasteiger partial charge in [-0.25, -0.2) is 0 Å². The van der Waals surface area contributed by atoms with Crippen molar-refractivity contribution in [3.05, 3.63) is 20.8 Å².